The van der Waals surface area contributed by atoms with Crippen LogP contribution in [-0.4, -0.2) is 14.5 Å². The van der Waals surface area contributed by atoms with Crippen molar-refractivity contribution < 1.29 is 28.5 Å². The molecule has 0 bridgehead atoms. The molecule has 0 saturated heterocycles. The van der Waals surface area contributed by atoms with Crippen LogP contribution < -0.4 is 28.5 Å². The van der Waals surface area contributed by atoms with Gasteiger partial charge in [0.05, 0.1) is 0 Å². The highest BCUT2D eigenvalue weighted by Crippen LogP contribution is 2.23. The highest BCUT2D eigenvalue weighted by molar-refractivity contribution is 6.31. The van der Waals surface area contributed by atoms with Crippen LogP contribution in [0.3, 0.4) is 0 Å². The summed E-state index contributed by atoms with van der Waals surface area (Å²) in [5.41, 5.74) is 2.04. The van der Waals surface area contributed by atoms with E-state index < -0.39 is 0 Å². The van der Waals surface area contributed by atoms with Gasteiger partial charge in [0.1, 0.15) is 17.2 Å². The second kappa shape index (κ2) is 6.86. The Labute approximate surface area is 161 Å². The third kappa shape index (κ3) is 2.78. The fourth-order valence-electron chi connectivity index (χ4n) is 2.86. The molecule has 0 amide bonds. The molecule has 4 aromatic rings. The zero-order valence-electron chi connectivity index (χ0n) is 12.9. The van der Waals surface area contributed by atoms with E-state index in [1.54, 1.807) is 12.4 Å². The van der Waals surface area contributed by atoms with E-state index in [1.165, 1.54) is 0 Å². The lowest BCUT2D eigenvalue weighted by Crippen LogP contribution is -3.00. The number of nitrogens with zero attached hydrogens (tertiary/aromatic N) is 4. The first kappa shape index (κ1) is 16.9. The molecule has 0 unspecified atom stereocenters. The molecule has 1 aromatic carbocycles. The number of hydrogen-bond donors (Lipinski definition) is 0. The van der Waals surface area contributed by atoms with Gasteiger partial charge < -0.3 is 24.0 Å². The predicted octanol–water partition coefficient (Wildman–Crippen LogP) is 0.663. The van der Waals surface area contributed by atoms with Crippen molar-refractivity contribution >= 4 is 22.6 Å². The summed E-state index contributed by atoms with van der Waals surface area (Å²) in [4.78, 5) is 8.97. The van der Waals surface area contributed by atoms with Gasteiger partial charge in [0, 0.05) is 24.2 Å². The minimum Gasteiger partial charge on any atom is -1.00 e. The second-order valence-electron chi connectivity index (χ2n) is 5.23. The Morgan fingerprint density at radius 1 is 0.958 bits per heavy atom. The number of imidazole rings is 1. The molecule has 120 valence electrons. The van der Waals surface area contributed by atoms with E-state index in [1.807, 2.05) is 54.6 Å². The van der Waals surface area contributed by atoms with E-state index in [2.05, 4.69) is 26.0 Å². The third-order valence-electron chi connectivity index (χ3n) is 3.82. The summed E-state index contributed by atoms with van der Waals surface area (Å²) in [5.74, 6) is 2.73. The molecule has 3 aromatic heterocycles. The van der Waals surface area contributed by atoms with Gasteiger partial charge in [0.25, 0.3) is 5.82 Å². The van der Waals surface area contributed by atoms with Crippen LogP contribution in [0, 0.1) is 6.92 Å². The smallest absolute Gasteiger partial charge is 0.267 e. The summed E-state index contributed by atoms with van der Waals surface area (Å²) < 4.78 is 4.20. The van der Waals surface area contributed by atoms with Gasteiger partial charge in [-0.1, -0.05) is 23.7 Å². The lowest BCUT2D eigenvalue weighted by atomic mass is 10.3. The van der Waals surface area contributed by atoms with Crippen LogP contribution in [0.25, 0.3) is 22.7 Å². The van der Waals surface area contributed by atoms with Crippen LogP contribution in [0.2, 0.25) is 5.02 Å². The van der Waals surface area contributed by atoms with Gasteiger partial charge in [-0.05, 0) is 36.4 Å². The predicted molar refractivity (Wildman–Crippen MR) is 90.1 cm³/mol. The lowest BCUT2D eigenvalue weighted by molar-refractivity contribution is -0.579. The molecule has 4 nitrogen and oxygen atoms in total. The average molecular weight is 449 g/mol. The van der Waals surface area contributed by atoms with Gasteiger partial charge in [-0.2, -0.15) is 4.57 Å². The maximum atomic E-state index is 6.23. The summed E-state index contributed by atoms with van der Waals surface area (Å²) >= 11 is 6.23. The topological polar surface area (TPSA) is 34.6 Å². The average Bonchev–Trinajstić information content (AvgIpc) is 2.87. The van der Waals surface area contributed by atoms with Gasteiger partial charge in [-0.25, -0.2) is 9.55 Å². The molecular formula is C18H14ClIN4. The van der Waals surface area contributed by atoms with Crippen LogP contribution in [0.1, 0.15) is 5.82 Å². The molecule has 0 saturated carbocycles. The Morgan fingerprint density at radius 2 is 1.71 bits per heavy atom. The van der Waals surface area contributed by atoms with Crippen molar-refractivity contribution in [2.45, 2.75) is 6.92 Å². The van der Waals surface area contributed by atoms with Crippen molar-refractivity contribution in [3.8, 4) is 11.6 Å². The van der Waals surface area contributed by atoms with Crippen molar-refractivity contribution in [3.05, 3.63) is 77.8 Å². The van der Waals surface area contributed by atoms with Crippen LogP contribution in [0.5, 0.6) is 0 Å². The van der Waals surface area contributed by atoms with E-state index in [0.717, 1.165) is 28.5 Å². The van der Waals surface area contributed by atoms with Crippen LogP contribution in [0.4, 0.5) is 0 Å². The van der Waals surface area contributed by atoms with Crippen LogP contribution in [0.15, 0.2) is 67.0 Å². The Bertz CT molecular complexity index is 984. The molecule has 0 aliphatic rings. The summed E-state index contributed by atoms with van der Waals surface area (Å²) in [7, 11) is 0. The van der Waals surface area contributed by atoms with Crippen molar-refractivity contribution in [1.82, 2.24) is 14.5 Å². The Balaban J connectivity index is 0.00000169. The van der Waals surface area contributed by atoms with Gasteiger partial charge in [0.15, 0.2) is 5.82 Å². The molecule has 0 N–H and O–H groups in total. The number of halogens is 2. The van der Waals surface area contributed by atoms with E-state index in [0.29, 0.717) is 5.02 Å². The van der Waals surface area contributed by atoms with Crippen molar-refractivity contribution in [2.24, 2.45) is 0 Å². The summed E-state index contributed by atoms with van der Waals surface area (Å²) in [6, 6.07) is 17.6. The maximum Gasteiger partial charge on any atom is 0.267 e. The van der Waals surface area contributed by atoms with Crippen molar-refractivity contribution in [2.75, 3.05) is 0 Å². The molecular weight excluding hydrogens is 435 g/mol. The van der Waals surface area contributed by atoms with Crippen LogP contribution >= 0.6 is 11.6 Å². The quantitative estimate of drug-likeness (QED) is 0.334. The Hall–Kier alpha value is -1.99. The number of aromatic nitrogens is 4. The molecule has 4 rings (SSSR count). The molecule has 0 radical (unpaired) electrons. The third-order valence-corrected chi connectivity index (χ3v) is 4.06. The fourth-order valence-corrected chi connectivity index (χ4v) is 3.03. The van der Waals surface area contributed by atoms with Gasteiger partial charge in [-0.3, -0.25) is 0 Å². The monoisotopic (exact) mass is 448 g/mol. The fraction of sp³-hybridized carbons (Fsp3) is 0.0556. The zero-order valence-corrected chi connectivity index (χ0v) is 15.8. The standard InChI is InChI=1S/C18H14ClN4.HI/c1-13-22(17-6-2-4-10-20-17)15-9-8-14(19)12-16(15)23(13)18-7-3-5-11-21-18;/h2-12H,1H3;1H/q+1;/p-1. The number of pyridine rings is 2. The van der Waals surface area contributed by atoms with Crippen molar-refractivity contribution in [3.63, 3.8) is 0 Å². The first-order valence-electron chi connectivity index (χ1n) is 7.31. The Kier molecular flexibility index (Phi) is 4.82. The highest BCUT2D eigenvalue weighted by Gasteiger charge is 2.23. The number of hydrogen-bond acceptors (Lipinski definition) is 2. The summed E-state index contributed by atoms with van der Waals surface area (Å²) in [6.07, 6.45) is 3.58. The first-order chi connectivity index (χ1) is 11.3. The first-order valence-corrected chi connectivity index (χ1v) is 7.69. The number of benzene rings is 1. The molecule has 0 aliphatic heterocycles. The number of rotatable bonds is 2. The second-order valence-corrected chi connectivity index (χ2v) is 5.66. The SMILES string of the molecule is Cc1n(-c2ccccn2)c2cc(Cl)ccc2[n+]1-c1ccccn1.[I-]. The zero-order chi connectivity index (χ0) is 15.8. The maximum absolute atomic E-state index is 6.23. The lowest BCUT2D eigenvalue weighted by Gasteiger charge is -2.01. The normalized spacial score (nSPS) is 10.6. The minimum absolute atomic E-state index is 0. The molecule has 0 atom stereocenters. The molecule has 24 heavy (non-hydrogen) atoms. The van der Waals surface area contributed by atoms with Crippen LogP contribution in [-0.2, 0) is 0 Å². The van der Waals surface area contributed by atoms with E-state index >= 15 is 0 Å². The molecule has 0 spiro atoms. The van der Waals surface area contributed by atoms with E-state index in [-0.39, 0.29) is 24.0 Å². The summed E-state index contributed by atoms with van der Waals surface area (Å²) in [5, 5.41) is 0.695. The van der Waals surface area contributed by atoms with E-state index in [4.69, 9.17) is 11.6 Å². The molecule has 3 heterocycles. The summed E-state index contributed by atoms with van der Waals surface area (Å²) in [6.45, 7) is 2.05. The van der Waals surface area contributed by atoms with Gasteiger partial charge in [-0.15, -0.1) is 4.98 Å². The highest BCUT2D eigenvalue weighted by atomic mass is 127. The number of fused-ring (bicyclic) bond motifs is 1. The van der Waals surface area contributed by atoms with Crippen molar-refractivity contribution in [1.29, 1.82) is 0 Å². The molecule has 6 heteroatoms. The van der Waals surface area contributed by atoms with Gasteiger partial charge in [0.2, 0.25) is 5.82 Å². The molecule has 0 aliphatic carbocycles. The van der Waals surface area contributed by atoms with Gasteiger partial charge >= 0.3 is 0 Å². The minimum atomic E-state index is 0. The van der Waals surface area contributed by atoms with E-state index in [9.17, 15) is 0 Å². The molecule has 0 fully saturated rings. The largest absolute Gasteiger partial charge is 1.00 e. The Morgan fingerprint density at radius 3 is 2.38 bits per heavy atom.